The van der Waals surface area contributed by atoms with Crippen LogP contribution in [0, 0.1) is 5.92 Å². The van der Waals surface area contributed by atoms with E-state index in [1.807, 2.05) is 12.4 Å². The minimum Gasteiger partial charge on any atom is -0.338 e. The molecule has 2 heterocycles. The summed E-state index contributed by atoms with van der Waals surface area (Å²) >= 11 is 1.59. The third-order valence-electron chi connectivity index (χ3n) is 4.90. The van der Waals surface area contributed by atoms with Gasteiger partial charge in [0, 0.05) is 37.8 Å². The highest BCUT2D eigenvalue weighted by atomic mass is 32.1. The van der Waals surface area contributed by atoms with Crippen LogP contribution in [0.15, 0.2) is 11.6 Å². The first-order valence-electron chi connectivity index (χ1n) is 8.34. The Kier molecular flexibility index (Phi) is 5.31. The summed E-state index contributed by atoms with van der Waals surface area (Å²) in [6.45, 7) is 3.74. The number of urea groups is 1. The standard InChI is InChI=1S/C16H26N4OS/c1-19(12-15-17-7-9-22-15)16(21)18-10-13-6-8-20(11-13)14-4-2-3-5-14/h7,9,13-14H,2-6,8,10-12H2,1H3,(H,18,21). The highest BCUT2D eigenvalue weighted by molar-refractivity contribution is 7.09. The molecule has 1 aromatic heterocycles. The van der Waals surface area contributed by atoms with Gasteiger partial charge in [0.15, 0.2) is 0 Å². The molecule has 22 heavy (non-hydrogen) atoms. The first-order valence-corrected chi connectivity index (χ1v) is 9.21. The zero-order valence-electron chi connectivity index (χ0n) is 13.3. The first kappa shape index (κ1) is 15.7. The van der Waals surface area contributed by atoms with Crippen molar-refractivity contribution in [2.45, 2.75) is 44.7 Å². The Labute approximate surface area is 136 Å². The molecule has 0 aromatic carbocycles. The van der Waals surface area contributed by atoms with Crippen molar-refractivity contribution < 1.29 is 4.79 Å². The van der Waals surface area contributed by atoms with Gasteiger partial charge >= 0.3 is 6.03 Å². The number of nitrogens with zero attached hydrogens (tertiary/aromatic N) is 3. The van der Waals surface area contributed by atoms with Gasteiger partial charge in [-0.15, -0.1) is 11.3 Å². The molecule has 1 aliphatic carbocycles. The van der Waals surface area contributed by atoms with Crippen LogP contribution in [0.5, 0.6) is 0 Å². The van der Waals surface area contributed by atoms with Crippen LogP contribution < -0.4 is 5.32 Å². The second-order valence-electron chi connectivity index (χ2n) is 6.56. The molecule has 0 spiro atoms. The van der Waals surface area contributed by atoms with Crippen molar-refractivity contribution in [1.82, 2.24) is 20.1 Å². The average molecular weight is 322 g/mol. The Balaban J connectivity index is 1.38. The molecule has 6 heteroatoms. The van der Waals surface area contributed by atoms with Crippen LogP contribution in [0.1, 0.15) is 37.1 Å². The van der Waals surface area contributed by atoms with Gasteiger partial charge in [0.25, 0.3) is 0 Å². The molecule has 3 rings (SSSR count). The fourth-order valence-electron chi connectivity index (χ4n) is 3.60. The van der Waals surface area contributed by atoms with Gasteiger partial charge in [-0.2, -0.15) is 0 Å². The molecule has 1 atom stereocenters. The van der Waals surface area contributed by atoms with Crippen molar-refractivity contribution in [1.29, 1.82) is 0 Å². The van der Waals surface area contributed by atoms with Gasteiger partial charge in [0.05, 0.1) is 6.54 Å². The predicted molar refractivity (Wildman–Crippen MR) is 88.9 cm³/mol. The number of likely N-dealkylation sites (tertiary alicyclic amines) is 1. The van der Waals surface area contributed by atoms with Gasteiger partial charge in [0.2, 0.25) is 0 Å². The van der Waals surface area contributed by atoms with Crippen molar-refractivity contribution in [3.63, 3.8) is 0 Å². The summed E-state index contributed by atoms with van der Waals surface area (Å²) in [5, 5.41) is 6.00. The number of carbonyl (C=O) groups is 1. The zero-order chi connectivity index (χ0) is 15.4. The number of hydrogen-bond acceptors (Lipinski definition) is 4. The Hall–Kier alpha value is -1.14. The lowest BCUT2D eigenvalue weighted by molar-refractivity contribution is 0.203. The summed E-state index contributed by atoms with van der Waals surface area (Å²) in [4.78, 5) is 20.7. The number of thiazole rings is 1. The SMILES string of the molecule is CN(Cc1nccs1)C(=O)NCC1CCN(C2CCCC2)C1. The second-order valence-corrected chi connectivity index (χ2v) is 7.53. The van der Waals surface area contributed by atoms with Crippen LogP contribution in [0.4, 0.5) is 4.79 Å². The van der Waals surface area contributed by atoms with Gasteiger partial charge in [-0.1, -0.05) is 12.8 Å². The lowest BCUT2D eigenvalue weighted by Crippen LogP contribution is -2.40. The molecule has 1 saturated carbocycles. The highest BCUT2D eigenvalue weighted by Gasteiger charge is 2.30. The van der Waals surface area contributed by atoms with Crippen molar-refractivity contribution in [2.24, 2.45) is 5.92 Å². The van der Waals surface area contributed by atoms with Crippen LogP contribution >= 0.6 is 11.3 Å². The molecule has 1 N–H and O–H groups in total. The molecule has 2 amide bonds. The van der Waals surface area contributed by atoms with E-state index in [1.165, 1.54) is 38.6 Å². The molecule has 2 aliphatic rings. The Morgan fingerprint density at radius 3 is 3.00 bits per heavy atom. The zero-order valence-corrected chi connectivity index (χ0v) is 14.1. The van der Waals surface area contributed by atoms with E-state index in [1.54, 1.807) is 22.4 Å². The molecule has 0 radical (unpaired) electrons. The summed E-state index contributed by atoms with van der Waals surface area (Å²) in [5.74, 6) is 0.609. The lowest BCUT2D eigenvalue weighted by atomic mass is 10.1. The maximum atomic E-state index is 12.1. The minimum absolute atomic E-state index is 0.00881. The lowest BCUT2D eigenvalue weighted by Gasteiger charge is -2.23. The largest absolute Gasteiger partial charge is 0.338 e. The van der Waals surface area contributed by atoms with Crippen LogP contribution in [-0.2, 0) is 6.54 Å². The van der Waals surface area contributed by atoms with Gasteiger partial charge in [0.1, 0.15) is 5.01 Å². The summed E-state index contributed by atoms with van der Waals surface area (Å²) in [6, 6.07) is 0.822. The number of rotatable bonds is 5. The van der Waals surface area contributed by atoms with Crippen molar-refractivity contribution in [3.8, 4) is 0 Å². The monoisotopic (exact) mass is 322 g/mol. The Morgan fingerprint density at radius 2 is 2.27 bits per heavy atom. The van der Waals surface area contributed by atoms with Crippen LogP contribution in [-0.4, -0.2) is 53.5 Å². The van der Waals surface area contributed by atoms with E-state index < -0.39 is 0 Å². The van der Waals surface area contributed by atoms with E-state index in [9.17, 15) is 4.79 Å². The van der Waals surface area contributed by atoms with Crippen LogP contribution in [0.3, 0.4) is 0 Å². The van der Waals surface area contributed by atoms with Crippen molar-refractivity contribution in [3.05, 3.63) is 16.6 Å². The first-order chi connectivity index (χ1) is 10.7. The number of hydrogen-bond donors (Lipinski definition) is 1. The van der Waals surface area contributed by atoms with E-state index in [4.69, 9.17) is 0 Å². The molecular formula is C16H26N4OS. The number of amides is 2. The molecule has 0 bridgehead atoms. The summed E-state index contributed by atoms with van der Waals surface area (Å²) in [5.41, 5.74) is 0. The number of aromatic nitrogens is 1. The molecule has 1 aliphatic heterocycles. The van der Waals surface area contributed by atoms with Gasteiger partial charge in [-0.05, 0) is 31.7 Å². The fourth-order valence-corrected chi connectivity index (χ4v) is 4.27. The molecule has 2 fully saturated rings. The topological polar surface area (TPSA) is 48.5 Å². The summed E-state index contributed by atoms with van der Waals surface area (Å²) in [7, 11) is 1.83. The van der Waals surface area contributed by atoms with E-state index in [2.05, 4.69) is 15.2 Å². The molecule has 1 saturated heterocycles. The molecule has 5 nitrogen and oxygen atoms in total. The normalized spacial score (nSPS) is 23.0. The smallest absolute Gasteiger partial charge is 0.317 e. The third-order valence-corrected chi connectivity index (χ3v) is 5.67. The minimum atomic E-state index is 0.00881. The summed E-state index contributed by atoms with van der Waals surface area (Å²) in [6.07, 6.45) is 8.52. The average Bonchev–Trinajstić information content (AvgIpc) is 3.25. The summed E-state index contributed by atoms with van der Waals surface area (Å²) < 4.78 is 0. The molecular weight excluding hydrogens is 296 g/mol. The molecule has 1 aromatic rings. The Bertz CT molecular complexity index is 473. The van der Waals surface area contributed by atoms with E-state index in [0.717, 1.165) is 24.1 Å². The third kappa shape index (κ3) is 3.98. The van der Waals surface area contributed by atoms with E-state index in [-0.39, 0.29) is 6.03 Å². The quantitative estimate of drug-likeness (QED) is 0.906. The Morgan fingerprint density at radius 1 is 1.45 bits per heavy atom. The number of nitrogens with one attached hydrogen (secondary N) is 1. The molecule has 122 valence electrons. The maximum absolute atomic E-state index is 12.1. The maximum Gasteiger partial charge on any atom is 0.317 e. The van der Waals surface area contributed by atoms with Crippen molar-refractivity contribution >= 4 is 17.4 Å². The molecule has 1 unspecified atom stereocenters. The highest BCUT2D eigenvalue weighted by Crippen LogP contribution is 2.28. The second kappa shape index (κ2) is 7.42. The van der Waals surface area contributed by atoms with Crippen LogP contribution in [0.25, 0.3) is 0 Å². The van der Waals surface area contributed by atoms with Gasteiger partial charge < -0.3 is 15.1 Å². The van der Waals surface area contributed by atoms with Crippen LogP contribution in [0.2, 0.25) is 0 Å². The van der Waals surface area contributed by atoms with Gasteiger partial charge in [-0.25, -0.2) is 9.78 Å². The van der Waals surface area contributed by atoms with Gasteiger partial charge in [-0.3, -0.25) is 0 Å². The van der Waals surface area contributed by atoms with Crippen molar-refractivity contribution in [2.75, 3.05) is 26.7 Å². The van der Waals surface area contributed by atoms with E-state index >= 15 is 0 Å². The number of carbonyl (C=O) groups excluding carboxylic acids is 1. The van der Waals surface area contributed by atoms with E-state index in [0.29, 0.717) is 12.5 Å². The fraction of sp³-hybridized carbons (Fsp3) is 0.750. The predicted octanol–water partition coefficient (Wildman–Crippen LogP) is 2.55.